The highest BCUT2D eigenvalue weighted by Crippen LogP contribution is 2.44. The number of nitrogens with one attached hydrogen (secondary N) is 1. The number of benzene rings is 1. The Morgan fingerprint density at radius 2 is 1.95 bits per heavy atom. The van der Waals surface area contributed by atoms with Crippen LogP contribution < -0.4 is 5.32 Å². The van der Waals surface area contributed by atoms with Gasteiger partial charge < -0.3 is 15.2 Å². The van der Waals surface area contributed by atoms with E-state index >= 15 is 0 Å². The summed E-state index contributed by atoms with van der Waals surface area (Å²) in [7, 11) is 0. The summed E-state index contributed by atoms with van der Waals surface area (Å²) in [6.45, 7) is 9.59. The van der Waals surface area contributed by atoms with Gasteiger partial charge >= 0.3 is 12.1 Å². The molecule has 1 atom stereocenters. The lowest BCUT2D eigenvalue weighted by molar-refractivity contribution is 0.0500. The van der Waals surface area contributed by atoms with E-state index in [1.807, 2.05) is 26.8 Å². The smallest absolute Gasteiger partial charge is 0.408 e. The maximum absolute atomic E-state index is 12.0. The molecule has 1 aliphatic carbocycles. The lowest BCUT2D eigenvalue weighted by Gasteiger charge is -2.23. The highest BCUT2D eigenvalue weighted by atomic mass is 16.6. The van der Waals surface area contributed by atoms with Gasteiger partial charge in [-0.2, -0.15) is 0 Å². The maximum atomic E-state index is 12.0. The van der Waals surface area contributed by atoms with Crippen molar-refractivity contribution in [3.63, 3.8) is 0 Å². The van der Waals surface area contributed by atoms with Gasteiger partial charge in [-0.15, -0.1) is 0 Å². The summed E-state index contributed by atoms with van der Waals surface area (Å²) in [4.78, 5) is 23.2. The predicted octanol–water partition coefficient (Wildman–Crippen LogP) is 3.63. The first-order valence-electron chi connectivity index (χ1n) is 7.37. The molecule has 0 spiro atoms. The highest BCUT2D eigenvalue weighted by Gasteiger charge is 2.38. The standard InChI is InChI=1S/C17H23NO4/c1-16(2,3)22-15(21)18-13-9-17(4,5)12-7-6-10(14(19)20)8-11(12)13/h6-8,13H,9H2,1-5H3,(H,18,21)(H,19,20)/t13-/m0/s1. The van der Waals surface area contributed by atoms with Crippen molar-refractivity contribution in [1.29, 1.82) is 0 Å². The van der Waals surface area contributed by atoms with E-state index in [1.165, 1.54) is 0 Å². The summed E-state index contributed by atoms with van der Waals surface area (Å²) in [6.07, 6.45) is 0.229. The molecule has 0 fully saturated rings. The molecule has 2 N–H and O–H groups in total. The Hall–Kier alpha value is -2.04. The van der Waals surface area contributed by atoms with E-state index in [0.29, 0.717) is 6.42 Å². The molecule has 2 rings (SSSR count). The number of fused-ring (bicyclic) bond motifs is 1. The van der Waals surface area contributed by atoms with E-state index in [4.69, 9.17) is 9.84 Å². The molecule has 0 aromatic heterocycles. The third-order valence-electron chi connectivity index (χ3n) is 3.81. The molecule has 1 amide bonds. The number of carbonyl (C=O) groups is 2. The van der Waals surface area contributed by atoms with Crippen LogP contribution in [0.15, 0.2) is 18.2 Å². The van der Waals surface area contributed by atoms with Gasteiger partial charge in [0.25, 0.3) is 0 Å². The van der Waals surface area contributed by atoms with Crippen molar-refractivity contribution >= 4 is 12.1 Å². The monoisotopic (exact) mass is 305 g/mol. The molecular weight excluding hydrogens is 282 g/mol. The second-order valence-electron chi connectivity index (χ2n) is 7.39. The summed E-state index contributed by atoms with van der Waals surface area (Å²) < 4.78 is 5.29. The van der Waals surface area contributed by atoms with Crippen LogP contribution >= 0.6 is 0 Å². The molecular formula is C17H23NO4. The largest absolute Gasteiger partial charge is 0.478 e. The van der Waals surface area contributed by atoms with Gasteiger partial charge in [0, 0.05) is 0 Å². The Labute approximate surface area is 130 Å². The van der Waals surface area contributed by atoms with Gasteiger partial charge in [-0.3, -0.25) is 0 Å². The molecule has 0 bridgehead atoms. The lowest BCUT2D eigenvalue weighted by atomic mass is 9.86. The van der Waals surface area contributed by atoms with Gasteiger partial charge in [0.15, 0.2) is 0 Å². The molecule has 1 aliphatic rings. The number of ether oxygens (including phenoxy) is 1. The second kappa shape index (κ2) is 5.30. The Bertz CT molecular complexity index is 614. The van der Waals surface area contributed by atoms with Crippen LogP contribution in [0.1, 0.15) is 68.6 Å². The van der Waals surface area contributed by atoms with Gasteiger partial charge in [-0.25, -0.2) is 9.59 Å². The van der Waals surface area contributed by atoms with Crippen LogP contribution in [0, 0.1) is 0 Å². The van der Waals surface area contributed by atoms with Gasteiger partial charge in [0.05, 0.1) is 11.6 Å². The van der Waals surface area contributed by atoms with Crippen LogP contribution in [-0.4, -0.2) is 22.8 Å². The minimum absolute atomic E-state index is 0.119. The van der Waals surface area contributed by atoms with Crippen molar-refractivity contribution in [2.45, 2.75) is 58.1 Å². The van der Waals surface area contributed by atoms with Gasteiger partial charge in [0.1, 0.15) is 5.60 Å². The predicted molar refractivity (Wildman–Crippen MR) is 83.2 cm³/mol. The van der Waals surface area contributed by atoms with Crippen LogP contribution in [0.25, 0.3) is 0 Å². The molecule has 0 saturated carbocycles. The van der Waals surface area contributed by atoms with Crippen LogP contribution in [0.4, 0.5) is 4.79 Å². The Morgan fingerprint density at radius 3 is 2.50 bits per heavy atom. The van der Waals surface area contributed by atoms with Gasteiger partial charge in [-0.1, -0.05) is 19.9 Å². The van der Waals surface area contributed by atoms with E-state index in [1.54, 1.807) is 12.1 Å². The number of amides is 1. The van der Waals surface area contributed by atoms with Crippen LogP contribution in [-0.2, 0) is 10.2 Å². The minimum Gasteiger partial charge on any atom is -0.478 e. The average molecular weight is 305 g/mol. The highest BCUT2D eigenvalue weighted by molar-refractivity contribution is 5.88. The topological polar surface area (TPSA) is 75.6 Å². The van der Waals surface area contributed by atoms with Crippen molar-refractivity contribution < 1.29 is 19.4 Å². The molecule has 0 unspecified atom stereocenters. The summed E-state index contributed by atoms with van der Waals surface area (Å²) >= 11 is 0. The first-order valence-corrected chi connectivity index (χ1v) is 7.37. The van der Waals surface area contributed by atoms with Crippen molar-refractivity contribution in [1.82, 2.24) is 5.32 Å². The van der Waals surface area contributed by atoms with Crippen LogP contribution in [0.3, 0.4) is 0 Å². The molecule has 22 heavy (non-hydrogen) atoms. The van der Waals surface area contributed by atoms with E-state index in [2.05, 4.69) is 19.2 Å². The molecule has 1 aromatic rings. The fraction of sp³-hybridized carbons (Fsp3) is 0.529. The second-order valence-corrected chi connectivity index (χ2v) is 7.39. The van der Waals surface area contributed by atoms with E-state index in [9.17, 15) is 9.59 Å². The number of hydrogen-bond donors (Lipinski definition) is 2. The SMILES string of the molecule is CC(C)(C)OC(=O)N[C@H]1CC(C)(C)c2ccc(C(=O)O)cc21. The first-order chi connectivity index (χ1) is 9.99. The molecule has 0 heterocycles. The maximum Gasteiger partial charge on any atom is 0.408 e. The normalized spacial score (nSPS) is 19.4. The molecule has 0 radical (unpaired) electrons. The molecule has 1 aromatic carbocycles. The van der Waals surface area contributed by atoms with Crippen LogP contribution in [0.2, 0.25) is 0 Å². The average Bonchev–Trinajstić information content (AvgIpc) is 2.58. The zero-order chi connectivity index (χ0) is 16.7. The number of carboxylic acid groups (broad SMARTS) is 1. The fourth-order valence-corrected chi connectivity index (χ4v) is 2.91. The number of rotatable bonds is 2. The number of aromatic carboxylic acids is 1. The van der Waals surface area contributed by atoms with Crippen molar-refractivity contribution in [3.05, 3.63) is 34.9 Å². The molecule has 0 saturated heterocycles. The Balaban J connectivity index is 2.28. The number of hydrogen-bond acceptors (Lipinski definition) is 3. The van der Waals surface area contributed by atoms with E-state index in [0.717, 1.165) is 11.1 Å². The molecule has 0 aliphatic heterocycles. The lowest BCUT2D eigenvalue weighted by Crippen LogP contribution is -2.34. The van der Waals surface area contributed by atoms with Gasteiger partial charge in [-0.05, 0) is 55.9 Å². The molecule has 5 nitrogen and oxygen atoms in total. The summed E-state index contributed by atoms with van der Waals surface area (Å²) in [5.74, 6) is -0.969. The molecule has 5 heteroatoms. The van der Waals surface area contributed by atoms with Crippen LogP contribution in [0.5, 0.6) is 0 Å². The summed E-state index contributed by atoms with van der Waals surface area (Å²) in [5.41, 5.74) is 1.47. The number of carboxylic acids is 1. The quantitative estimate of drug-likeness (QED) is 0.874. The number of alkyl carbamates (subject to hydrolysis) is 1. The number of carbonyl (C=O) groups excluding carboxylic acids is 1. The summed E-state index contributed by atoms with van der Waals surface area (Å²) in [6, 6.07) is 4.86. The zero-order valence-electron chi connectivity index (χ0n) is 13.7. The van der Waals surface area contributed by atoms with Gasteiger partial charge in [0.2, 0.25) is 0 Å². The summed E-state index contributed by atoms with van der Waals surface area (Å²) in [5, 5.41) is 12.0. The Kier molecular flexibility index (Phi) is 3.94. The third kappa shape index (κ3) is 3.40. The van der Waals surface area contributed by atoms with E-state index < -0.39 is 17.7 Å². The Morgan fingerprint density at radius 1 is 1.32 bits per heavy atom. The van der Waals surface area contributed by atoms with E-state index in [-0.39, 0.29) is 17.0 Å². The third-order valence-corrected chi connectivity index (χ3v) is 3.81. The minimum atomic E-state index is -0.969. The van der Waals surface area contributed by atoms with Crippen molar-refractivity contribution in [2.75, 3.05) is 0 Å². The zero-order valence-corrected chi connectivity index (χ0v) is 13.7. The van der Waals surface area contributed by atoms with Crippen molar-refractivity contribution in [3.8, 4) is 0 Å². The van der Waals surface area contributed by atoms with Crippen molar-refractivity contribution in [2.24, 2.45) is 0 Å². The molecule has 120 valence electrons. The fourth-order valence-electron chi connectivity index (χ4n) is 2.91. The first kappa shape index (κ1) is 16.3.